The molecule has 120 valence electrons. The molecule has 1 heterocycles. The summed E-state index contributed by atoms with van der Waals surface area (Å²) >= 11 is 5.99. The van der Waals surface area contributed by atoms with E-state index in [4.69, 9.17) is 11.6 Å². The van der Waals surface area contributed by atoms with Gasteiger partial charge in [-0.3, -0.25) is 4.79 Å². The lowest BCUT2D eigenvalue weighted by Crippen LogP contribution is -2.43. The molecule has 3 rings (SSSR count). The number of nitrogens with one attached hydrogen (secondary N) is 2. The van der Waals surface area contributed by atoms with Gasteiger partial charge in [-0.15, -0.1) is 0 Å². The minimum absolute atomic E-state index is 0.207. The summed E-state index contributed by atoms with van der Waals surface area (Å²) in [6.45, 7) is 3.01. The van der Waals surface area contributed by atoms with Crippen molar-refractivity contribution in [1.29, 1.82) is 0 Å². The molecule has 1 aliphatic carbocycles. The van der Waals surface area contributed by atoms with Crippen LogP contribution >= 0.6 is 11.6 Å². The van der Waals surface area contributed by atoms with Crippen LogP contribution in [-0.2, 0) is 10.2 Å². The second-order valence-electron chi connectivity index (χ2n) is 6.70. The Morgan fingerprint density at radius 2 is 2.00 bits per heavy atom. The van der Waals surface area contributed by atoms with Gasteiger partial charge in [0.2, 0.25) is 5.91 Å². The van der Waals surface area contributed by atoms with Crippen molar-refractivity contribution >= 4 is 17.5 Å². The van der Waals surface area contributed by atoms with Gasteiger partial charge in [0.1, 0.15) is 0 Å². The van der Waals surface area contributed by atoms with Crippen molar-refractivity contribution in [3.8, 4) is 0 Å². The SMILES string of the molecule is O=C(NCCC1CCNC1)C1(c2ccc(Cl)cc2)CCCC1. The molecule has 1 atom stereocenters. The van der Waals surface area contributed by atoms with Crippen LogP contribution in [0.25, 0.3) is 0 Å². The summed E-state index contributed by atoms with van der Waals surface area (Å²) < 4.78 is 0. The highest BCUT2D eigenvalue weighted by atomic mass is 35.5. The van der Waals surface area contributed by atoms with Gasteiger partial charge in [-0.05, 0) is 62.4 Å². The van der Waals surface area contributed by atoms with Crippen LogP contribution in [0.2, 0.25) is 5.02 Å². The molecule has 0 aromatic heterocycles. The summed E-state index contributed by atoms with van der Waals surface area (Å²) in [7, 11) is 0. The lowest BCUT2D eigenvalue weighted by atomic mass is 9.78. The molecule has 2 aliphatic rings. The summed E-state index contributed by atoms with van der Waals surface area (Å²) in [6, 6.07) is 7.84. The molecule has 1 saturated carbocycles. The maximum atomic E-state index is 12.9. The number of amides is 1. The Morgan fingerprint density at radius 3 is 2.64 bits per heavy atom. The van der Waals surface area contributed by atoms with Crippen LogP contribution in [-0.4, -0.2) is 25.5 Å². The maximum Gasteiger partial charge on any atom is 0.230 e. The van der Waals surface area contributed by atoms with E-state index in [0.717, 1.165) is 68.2 Å². The van der Waals surface area contributed by atoms with Gasteiger partial charge in [-0.25, -0.2) is 0 Å². The van der Waals surface area contributed by atoms with Gasteiger partial charge < -0.3 is 10.6 Å². The van der Waals surface area contributed by atoms with Crippen molar-refractivity contribution < 1.29 is 4.79 Å². The Labute approximate surface area is 137 Å². The summed E-state index contributed by atoms with van der Waals surface area (Å²) in [6.07, 6.45) is 6.47. The van der Waals surface area contributed by atoms with Crippen LogP contribution < -0.4 is 10.6 Å². The molecule has 1 saturated heterocycles. The van der Waals surface area contributed by atoms with Gasteiger partial charge in [0.15, 0.2) is 0 Å². The van der Waals surface area contributed by atoms with Crippen molar-refractivity contribution in [2.75, 3.05) is 19.6 Å². The van der Waals surface area contributed by atoms with Gasteiger partial charge in [-0.1, -0.05) is 36.6 Å². The highest BCUT2D eigenvalue weighted by Gasteiger charge is 2.42. The minimum Gasteiger partial charge on any atom is -0.355 e. The number of carbonyl (C=O) groups excluding carboxylic acids is 1. The van der Waals surface area contributed by atoms with Gasteiger partial charge in [0.25, 0.3) is 0 Å². The molecule has 1 amide bonds. The highest BCUT2D eigenvalue weighted by molar-refractivity contribution is 6.30. The largest absolute Gasteiger partial charge is 0.355 e. The van der Waals surface area contributed by atoms with E-state index < -0.39 is 0 Å². The van der Waals surface area contributed by atoms with E-state index in [9.17, 15) is 4.79 Å². The third-order valence-corrected chi connectivity index (χ3v) is 5.54. The molecule has 3 nitrogen and oxygen atoms in total. The predicted octanol–water partition coefficient (Wildman–Crippen LogP) is 3.27. The number of rotatable bonds is 5. The van der Waals surface area contributed by atoms with Gasteiger partial charge >= 0.3 is 0 Å². The molecular formula is C18H25ClN2O. The molecule has 0 radical (unpaired) electrons. The molecule has 0 spiro atoms. The lowest BCUT2D eigenvalue weighted by Gasteiger charge is -2.28. The number of benzene rings is 1. The zero-order chi connectivity index (χ0) is 15.4. The molecule has 22 heavy (non-hydrogen) atoms. The van der Waals surface area contributed by atoms with Crippen LogP contribution in [0.15, 0.2) is 24.3 Å². The molecule has 2 N–H and O–H groups in total. The fraction of sp³-hybridized carbons (Fsp3) is 0.611. The molecule has 0 bridgehead atoms. The Hall–Kier alpha value is -1.06. The Morgan fingerprint density at radius 1 is 1.27 bits per heavy atom. The second kappa shape index (κ2) is 7.01. The van der Waals surface area contributed by atoms with E-state index in [-0.39, 0.29) is 11.3 Å². The molecule has 1 aromatic carbocycles. The molecule has 1 unspecified atom stereocenters. The van der Waals surface area contributed by atoms with Crippen LogP contribution in [0.4, 0.5) is 0 Å². The van der Waals surface area contributed by atoms with Crippen LogP contribution in [0.1, 0.15) is 44.1 Å². The molecule has 1 aliphatic heterocycles. The van der Waals surface area contributed by atoms with Crippen LogP contribution in [0.5, 0.6) is 0 Å². The lowest BCUT2D eigenvalue weighted by molar-refractivity contribution is -0.126. The molecular weight excluding hydrogens is 296 g/mol. The monoisotopic (exact) mass is 320 g/mol. The summed E-state index contributed by atoms with van der Waals surface area (Å²) in [5.41, 5.74) is 0.785. The number of hydrogen-bond acceptors (Lipinski definition) is 2. The minimum atomic E-state index is -0.335. The normalized spacial score (nSPS) is 23.6. The standard InChI is InChI=1S/C18H25ClN2O/c19-16-5-3-15(4-6-16)18(9-1-2-10-18)17(22)21-12-8-14-7-11-20-13-14/h3-6,14,20H,1-2,7-13H2,(H,21,22). The van der Waals surface area contributed by atoms with E-state index in [1.54, 1.807) is 0 Å². The van der Waals surface area contributed by atoms with E-state index in [2.05, 4.69) is 10.6 Å². The third-order valence-electron chi connectivity index (χ3n) is 5.29. The average molecular weight is 321 g/mol. The summed E-state index contributed by atoms with van der Waals surface area (Å²) in [4.78, 5) is 12.9. The van der Waals surface area contributed by atoms with Crippen LogP contribution in [0, 0.1) is 5.92 Å². The Balaban J connectivity index is 1.64. The number of carbonyl (C=O) groups is 1. The first-order valence-corrected chi connectivity index (χ1v) is 8.83. The first kappa shape index (κ1) is 15.8. The van der Waals surface area contributed by atoms with Gasteiger partial charge in [0, 0.05) is 11.6 Å². The van der Waals surface area contributed by atoms with Crippen LogP contribution in [0.3, 0.4) is 0 Å². The van der Waals surface area contributed by atoms with E-state index >= 15 is 0 Å². The third kappa shape index (κ3) is 3.31. The van der Waals surface area contributed by atoms with Gasteiger partial charge in [0.05, 0.1) is 5.41 Å². The quantitative estimate of drug-likeness (QED) is 0.874. The first-order chi connectivity index (χ1) is 10.7. The van der Waals surface area contributed by atoms with Crippen molar-refractivity contribution in [3.63, 3.8) is 0 Å². The van der Waals surface area contributed by atoms with Crippen molar-refractivity contribution in [3.05, 3.63) is 34.9 Å². The number of halogens is 1. The highest BCUT2D eigenvalue weighted by Crippen LogP contribution is 2.41. The summed E-state index contributed by atoms with van der Waals surface area (Å²) in [5.74, 6) is 0.925. The predicted molar refractivity (Wildman–Crippen MR) is 90.2 cm³/mol. The van der Waals surface area contributed by atoms with E-state index in [1.165, 1.54) is 6.42 Å². The maximum absolute atomic E-state index is 12.9. The molecule has 4 heteroatoms. The fourth-order valence-corrected chi connectivity index (χ4v) is 4.04. The molecule has 2 fully saturated rings. The second-order valence-corrected chi connectivity index (χ2v) is 7.14. The topological polar surface area (TPSA) is 41.1 Å². The van der Waals surface area contributed by atoms with Gasteiger partial charge in [-0.2, -0.15) is 0 Å². The number of hydrogen-bond donors (Lipinski definition) is 2. The Kier molecular flexibility index (Phi) is 5.04. The van der Waals surface area contributed by atoms with E-state index in [1.807, 2.05) is 24.3 Å². The fourth-order valence-electron chi connectivity index (χ4n) is 3.91. The first-order valence-electron chi connectivity index (χ1n) is 8.46. The van der Waals surface area contributed by atoms with E-state index in [0.29, 0.717) is 0 Å². The Bertz CT molecular complexity index is 502. The molecule has 1 aromatic rings. The van der Waals surface area contributed by atoms with Crippen molar-refractivity contribution in [1.82, 2.24) is 10.6 Å². The smallest absolute Gasteiger partial charge is 0.230 e. The zero-order valence-corrected chi connectivity index (χ0v) is 13.8. The van der Waals surface area contributed by atoms with Crippen molar-refractivity contribution in [2.45, 2.75) is 43.9 Å². The summed E-state index contributed by atoms with van der Waals surface area (Å²) in [5, 5.41) is 7.31. The van der Waals surface area contributed by atoms with Crippen molar-refractivity contribution in [2.24, 2.45) is 5.92 Å². The zero-order valence-electron chi connectivity index (χ0n) is 13.0. The average Bonchev–Trinajstić information content (AvgIpc) is 3.20.